The van der Waals surface area contributed by atoms with Crippen molar-refractivity contribution in [3.8, 4) is 0 Å². The summed E-state index contributed by atoms with van der Waals surface area (Å²) in [5, 5.41) is 0. The van der Waals surface area contributed by atoms with Gasteiger partial charge in [-0.3, -0.25) is 0 Å². The van der Waals surface area contributed by atoms with Crippen molar-refractivity contribution < 1.29 is 0 Å². The molecule has 0 aliphatic heterocycles. The fourth-order valence-corrected chi connectivity index (χ4v) is 2.38. The molecule has 0 saturated heterocycles. The van der Waals surface area contributed by atoms with E-state index < -0.39 is 0 Å². The van der Waals surface area contributed by atoms with Crippen molar-refractivity contribution in [1.29, 1.82) is 0 Å². The molecule has 1 aliphatic carbocycles. The van der Waals surface area contributed by atoms with Crippen LogP contribution in [0.15, 0.2) is 12.4 Å². The van der Waals surface area contributed by atoms with Gasteiger partial charge in [0.25, 0.3) is 0 Å². The topological polar surface area (TPSA) is 55.0 Å². The highest BCUT2D eigenvalue weighted by atomic mass is 15.2. The number of nitrogens with zero attached hydrogens (tertiary/aromatic N) is 3. The third-order valence-electron chi connectivity index (χ3n) is 3.63. The van der Waals surface area contributed by atoms with E-state index in [1.165, 1.54) is 19.3 Å². The van der Waals surface area contributed by atoms with Gasteiger partial charge in [-0.1, -0.05) is 13.3 Å². The second kappa shape index (κ2) is 6.69. The average Bonchev–Trinajstić information content (AvgIpc) is 2.33. The van der Waals surface area contributed by atoms with E-state index in [9.17, 15) is 0 Å². The Balaban J connectivity index is 2.10. The zero-order valence-corrected chi connectivity index (χ0v) is 11.3. The van der Waals surface area contributed by atoms with E-state index in [1.54, 1.807) is 6.33 Å². The van der Waals surface area contributed by atoms with Gasteiger partial charge in [0, 0.05) is 24.3 Å². The Morgan fingerprint density at radius 2 is 2.22 bits per heavy atom. The minimum Gasteiger partial charge on any atom is -0.353 e. The Morgan fingerprint density at radius 3 is 2.83 bits per heavy atom. The summed E-state index contributed by atoms with van der Waals surface area (Å²) >= 11 is 0. The number of hydrogen-bond donors (Lipinski definition) is 1. The minimum absolute atomic E-state index is 0.668. The Kier molecular flexibility index (Phi) is 4.93. The van der Waals surface area contributed by atoms with Crippen molar-refractivity contribution in [1.82, 2.24) is 9.97 Å². The highest BCUT2D eigenvalue weighted by Crippen LogP contribution is 2.28. The first kappa shape index (κ1) is 13.3. The lowest BCUT2D eigenvalue weighted by atomic mass is 9.91. The van der Waals surface area contributed by atoms with E-state index in [2.05, 4.69) is 27.9 Å². The molecule has 1 heterocycles. The van der Waals surface area contributed by atoms with E-state index in [4.69, 9.17) is 5.73 Å². The van der Waals surface area contributed by atoms with E-state index in [0.29, 0.717) is 6.04 Å². The lowest BCUT2D eigenvalue weighted by molar-refractivity contribution is 0.382. The maximum Gasteiger partial charge on any atom is 0.132 e. The molecule has 18 heavy (non-hydrogen) atoms. The van der Waals surface area contributed by atoms with Crippen LogP contribution in [0.4, 0.5) is 5.82 Å². The fourth-order valence-electron chi connectivity index (χ4n) is 2.38. The Hall–Kier alpha value is -1.16. The summed E-state index contributed by atoms with van der Waals surface area (Å²) in [6.07, 6.45) is 8.82. The van der Waals surface area contributed by atoms with Crippen LogP contribution in [0.5, 0.6) is 0 Å². The molecule has 0 spiro atoms. The first-order valence-corrected chi connectivity index (χ1v) is 7.12. The molecular weight excluding hydrogens is 224 g/mol. The van der Waals surface area contributed by atoms with Crippen LogP contribution in [0.2, 0.25) is 0 Å². The molecule has 1 aliphatic rings. The van der Waals surface area contributed by atoms with Gasteiger partial charge < -0.3 is 10.6 Å². The van der Waals surface area contributed by atoms with Crippen molar-refractivity contribution in [2.24, 2.45) is 5.73 Å². The molecule has 1 aromatic heterocycles. The lowest BCUT2D eigenvalue weighted by Gasteiger charge is -2.38. The van der Waals surface area contributed by atoms with Crippen LogP contribution in [-0.4, -0.2) is 29.1 Å². The van der Waals surface area contributed by atoms with Gasteiger partial charge in [0.05, 0.1) is 0 Å². The monoisotopic (exact) mass is 248 g/mol. The van der Waals surface area contributed by atoms with E-state index in [0.717, 1.165) is 43.9 Å². The Bertz CT molecular complexity index is 363. The van der Waals surface area contributed by atoms with Crippen molar-refractivity contribution in [3.63, 3.8) is 0 Å². The summed E-state index contributed by atoms with van der Waals surface area (Å²) in [6, 6.07) is 2.82. The molecule has 2 rings (SSSR count). The van der Waals surface area contributed by atoms with Gasteiger partial charge in [-0.05, 0) is 38.6 Å². The molecule has 0 radical (unpaired) electrons. The molecule has 1 fully saturated rings. The third kappa shape index (κ3) is 3.19. The lowest BCUT2D eigenvalue weighted by Crippen LogP contribution is -2.42. The number of hydrogen-bond acceptors (Lipinski definition) is 4. The predicted octanol–water partition coefficient (Wildman–Crippen LogP) is 2.14. The van der Waals surface area contributed by atoms with Gasteiger partial charge in [-0.2, -0.15) is 0 Å². The standard InChI is InChI=1S/C14H24N4/c1-2-5-12-10-14(17-11-16-12)18(9-4-8-15)13-6-3-7-13/h10-11,13H,2-9,15H2,1H3. The SMILES string of the molecule is CCCc1cc(N(CCCN)C2CCC2)ncn1. The largest absolute Gasteiger partial charge is 0.353 e. The van der Waals surface area contributed by atoms with E-state index in [1.807, 2.05) is 0 Å². The maximum atomic E-state index is 5.63. The predicted molar refractivity (Wildman–Crippen MR) is 74.7 cm³/mol. The number of rotatable bonds is 7. The molecule has 4 nitrogen and oxygen atoms in total. The number of anilines is 1. The van der Waals surface area contributed by atoms with Gasteiger partial charge in [0.1, 0.15) is 12.1 Å². The van der Waals surface area contributed by atoms with Crippen LogP contribution in [-0.2, 0) is 6.42 Å². The maximum absolute atomic E-state index is 5.63. The average molecular weight is 248 g/mol. The van der Waals surface area contributed by atoms with Crippen LogP contribution in [0, 0.1) is 0 Å². The van der Waals surface area contributed by atoms with Crippen LogP contribution in [0.25, 0.3) is 0 Å². The number of aryl methyl sites for hydroxylation is 1. The Morgan fingerprint density at radius 1 is 1.39 bits per heavy atom. The normalized spacial score (nSPS) is 15.4. The van der Waals surface area contributed by atoms with E-state index >= 15 is 0 Å². The molecule has 0 amide bonds. The van der Waals surface area contributed by atoms with Gasteiger partial charge in [-0.25, -0.2) is 9.97 Å². The van der Waals surface area contributed by atoms with Crippen LogP contribution >= 0.6 is 0 Å². The molecule has 0 unspecified atom stereocenters. The minimum atomic E-state index is 0.668. The summed E-state index contributed by atoms with van der Waals surface area (Å²) in [6.45, 7) is 3.94. The quantitative estimate of drug-likeness (QED) is 0.803. The van der Waals surface area contributed by atoms with Crippen LogP contribution in [0.3, 0.4) is 0 Å². The summed E-state index contributed by atoms with van der Waals surface area (Å²) in [4.78, 5) is 11.2. The summed E-state index contributed by atoms with van der Waals surface area (Å²) in [5.74, 6) is 1.09. The molecular formula is C14H24N4. The number of aromatic nitrogens is 2. The molecule has 0 bridgehead atoms. The fraction of sp³-hybridized carbons (Fsp3) is 0.714. The first-order chi connectivity index (χ1) is 8.85. The summed E-state index contributed by atoms with van der Waals surface area (Å²) in [7, 11) is 0. The summed E-state index contributed by atoms with van der Waals surface area (Å²) < 4.78 is 0. The van der Waals surface area contributed by atoms with Crippen molar-refractivity contribution in [3.05, 3.63) is 18.1 Å². The summed E-state index contributed by atoms with van der Waals surface area (Å²) in [5.41, 5.74) is 6.79. The second-order valence-electron chi connectivity index (χ2n) is 5.04. The molecule has 0 atom stereocenters. The molecule has 1 aromatic rings. The van der Waals surface area contributed by atoms with Gasteiger partial charge in [0.2, 0.25) is 0 Å². The van der Waals surface area contributed by atoms with Gasteiger partial charge in [0.15, 0.2) is 0 Å². The van der Waals surface area contributed by atoms with Gasteiger partial charge in [-0.15, -0.1) is 0 Å². The van der Waals surface area contributed by atoms with Gasteiger partial charge >= 0.3 is 0 Å². The van der Waals surface area contributed by atoms with E-state index in [-0.39, 0.29) is 0 Å². The highest BCUT2D eigenvalue weighted by molar-refractivity contribution is 5.41. The zero-order valence-electron chi connectivity index (χ0n) is 11.3. The molecule has 4 heteroatoms. The van der Waals surface area contributed by atoms with Crippen molar-refractivity contribution >= 4 is 5.82 Å². The molecule has 0 aromatic carbocycles. The zero-order chi connectivity index (χ0) is 12.8. The Labute approximate surface area is 110 Å². The van der Waals surface area contributed by atoms with Crippen LogP contribution < -0.4 is 10.6 Å². The molecule has 100 valence electrons. The molecule has 1 saturated carbocycles. The smallest absolute Gasteiger partial charge is 0.132 e. The van der Waals surface area contributed by atoms with Crippen molar-refractivity contribution in [2.45, 2.75) is 51.5 Å². The number of nitrogens with two attached hydrogens (primary N) is 1. The molecule has 2 N–H and O–H groups in total. The van der Waals surface area contributed by atoms with Crippen molar-refractivity contribution in [2.75, 3.05) is 18.0 Å². The second-order valence-corrected chi connectivity index (χ2v) is 5.04. The van der Waals surface area contributed by atoms with Crippen LogP contribution in [0.1, 0.15) is 44.7 Å². The highest BCUT2D eigenvalue weighted by Gasteiger charge is 2.25. The first-order valence-electron chi connectivity index (χ1n) is 7.12. The third-order valence-corrected chi connectivity index (χ3v) is 3.63.